The minimum atomic E-state index is -4.75. The number of pyridine rings is 1. The van der Waals surface area contributed by atoms with Crippen LogP contribution in [0.4, 0.5) is 42.1 Å². The Labute approximate surface area is 219 Å². The van der Waals surface area contributed by atoms with Gasteiger partial charge in [-0.2, -0.15) is 18.2 Å². The molecule has 0 amide bonds. The molecule has 0 bridgehead atoms. The Kier molecular flexibility index (Phi) is 7.60. The molecule has 1 aromatic carbocycles. The van der Waals surface area contributed by atoms with Crippen molar-refractivity contribution in [3.05, 3.63) is 59.9 Å². The molecule has 3 heterocycles. The first-order valence-electron chi connectivity index (χ1n) is 11.2. The molecule has 0 saturated carbocycles. The lowest BCUT2D eigenvalue weighted by Crippen LogP contribution is -2.27. The van der Waals surface area contributed by atoms with Crippen LogP contribution in [0.1, 0.15) is 17.5 Å². The molecule has 16 heteroatoms. The van der Waals surface area contributed by atoms with E-state index in [-0.39, 0.29) is 18.3 Å². The summed E-state index contributed by atoms with van der Waals surface area (Å²) < 4.78 is 87.7. The van der Waals surface area contributed by atoms with Crippen molar-refractivity contribution >= 4 is 49.8 Å². The first kappa shape index (κ1) is 27.7. The molecule has 2 aromatic heterocycles. The van der Waals surface area contributed by atoms with E-state index in [4.69, 9.17) is 0 Å². The van der Waals surface area contributed by atoms with Gasteiger partial charge in [-0.3, -0.25) is 17.7 Å². The Morgan fingerprint density at radius 1 is 1.16 bits per heavy atom. The van der Waals surface area contributed by atoms with Gasteiger partial charge in [0.1, 0.15) is 17.2 Å². The summed E-state index contributed by atoms with van der Waals surface area (Å²) in [4.78, 5) is 11.8. The number of sulfonamides is 1. The van der Waals surface area contributed by atoms with Crippen molar-refractivity contribution in [2.45, 2.75) is 19.1 Å². The Bertz CT molecular complexity index is 1410. The fourth-order valence-corrected chi connectivity index (χ4v) is 5.86. The maximum Gasteiger partial charge on any atom is 0.421 e. The quantitative estimate of drug-likeness (QED) is 0.304. The highest BCUT2D eigenvalue weighted by molar-refractivity contribution is 8.25. The third-order valence-electron chi connectivity index (χ3n) is 5.75. The molecular weight excluding hydrogens is 547 g/mol. The number of halogens is 3. The zero-order valence-corrected chi connectivity index (χ0v) is 22.0. The lowest BCUT2D eigenvalue weighted by atomic mass is 10.2. The smallest absolute Gasteiger partial charge is 0.365 e. The van der Waals surface area contributed by atoms with Crippen LogP contribution >= 0.6 is 10.8 Å². The number of benzene rings is 1. The first-order valence-corrected chi connectivity index (χ1v) is 14.7. The Morgan fingerprint density at radius 3 is 2.47 bits per heavy atom. The van der Waals surface area contributed by atoms with E-state index in [1.165, 1.54) is 17.5 Å². The molecule has 1 aliphatic rings. The van der Waals surface area contributed by atoms with Crippen molar-refractivity contribution in [3.63, 3.8) is 0 Å². The van der Waals surface area contributed by atoms with Crippen LogP contribution in [-0.4, -0.2) is 58.1 Å². The summed E-state index contributed by atoms with van der Waals surface area (Å²) >= 11 is 0. The second kappa shape index (κ2) is 10.4. The fourth-order valence-electron chi connectivity index (χ4n) is 3.77. The fraction of sp³-hybridized carbons (Fsp3) is 0.318. The molecule has 206 valence electrons. The van der Waals surface area contributed by atoms with Gasteiger partial charge in [0.05, 0.1) is 17.7 Å². The van der Waals surface area contributed by atoms with E-state index in [1.54, 1.807) is 36.4 Å². The monoisotopic (exact) mass is 573 g/mol. The SMILES string of the molecule is CN(c1ncccc1CNc1nc(Nc2ccc(N3CCCS3(O)O)cc2)ncc1C(F)(F)F)S(C)(=O)=O. The highest BCUT2D eigenvalue weighted by Crippen LogP contribution is 2.51. The van der Waals surface area contributed by atoms with E-state index in [2.05, 4.69) is 25.6 Å². The van der Waals surface area contributed by atoms with Crippen LogP contribution in [0.5, 0.6) is 0 Å². The normalized spacial score (nSPS) is 16.2. The maximum absolute atomic E-state index is 13.7. The van der Waals surface area contributed by atoms with Crippen molar-refractivity contribution in [1.82, 2.24) is 15.0 Å². The second-order valence-electron chi connectivity index (χ2n) is 8.49. The molecule has 0 aliphatic carbocycles. The minimum Gasteiger partial charge on any atom is -0.365 e. The molecule has 4 rings (SSSR count). The molecule has 0 unspecified atom stereocenters. The van der Waals surface area contributed by atoms with Crippen molar-refractivity contribution in [3.8, 4) is 0 Å². The van der Waals surface area contributed by atoms with Crippen LogP contribution in [0, 0.1) is 0 Å². The lowest BCUT2D eigenvalue weighted by Gasteiger charge is -2.38. The highest BCUT2D eigenvalue weighted by atomic mass is 32.3. The number of hydrogen-bond donors (Lipinski definition) is 4. The molecule has 3 aromatic rings. The topological polar surface area (TPSA) is 144 Å². The molecule has 0 radical (unpaired) electrons. The van der Waals surface area contributed by atoms with E-state index in [9.17, 15) is 30.7 Å². The van der Waals surface area contributed by atoms with Gasteiger partial charge in [-0.15, -0.1) is 10.8 Å². The summed E-state index contributed by atoms with van der Waals surface area (Å²) in [5.74, 6) is -0.251. The zero-order chi connectivity index (χ0) is 27.7. The van der Waals surface area contributed by atoms with Crippen LogP contribution < -0.4 is 19.2 Å². The van der Waals surface area contributed by atoms with Gasteiger partial charge in [0.25, 0.3) is 0 Å². The Balaban J connectivity index is 1.56. The third-order valence-corrected chi connectivity index (χ3v) is 8.85. The van der Waals surface area contributed by atoms with E-state index in [0.717, 1.165) is 10.6 Å². The second-order valence-corrected chi connectivity index (χ2v) is 12.6. The van der Waals surface area contributed by atoms with Gasteiger partial charge in [0, 0.05) is 43.8 Å². The van der Waals surface area contributed by atoms with Crippen molar-refractivity contribution < 1.29 is 30.7 Å². The highest BCUT2D eigenvalue weighted by Gasteiger charge is 2.35. The average molecular weight is 574 g/mol. The number of anilines is 5. The summed E-state index contributed by atoms with van der Waals surface area (Å²) in [5, 5.41) is 5.48. The van der Waals surface area contributed by atoms with Crippen LogP contribution in [-0.2, 0) is 22.7 Å². The van der Waals surface area contributed by atoms with Crippen molar-refractivity contribution in [2.75, 3.05) is 44.8 Å². The zero-order valence-electron chi connectivity index (χ0n) is 20.3. The van der Waals surface area contributed by atoms with E-state index < -0.39 is 38.4 Å². The standard InChI is InChI=1S/C22H26F3N7O4S2/c1-31(37(2,33)34)20-15(5-3-10-26-20)13-27-19-18(22(23,24)25)14-28-21(30-19)29-16-6-8-17(9-7-16)32-11-4-12-38(32,35)36/h3,5-10,14,35-36H,4,11-13H2,1-2H3,(H2,27,28,29,30). The minimum absolute atomic E-state index is 0.0677. The van der Waals surface area contributed by atoms with Crippen LogP contribution in [0.2, 0.25) is 0 Å². The Morgan fingerprint density at radius 2 is 1.87 bits per heavy atom. The van der Waals surface area contributed by atoms with Crippen LogP contribution in [0.3, 0.4) is 0 Å². The molecule has 11 nitrogen and oxygen atoms in total. The molecule has 0 atom stereocenters. The largest absolute Gasteiger partial charge is 0.421 e. The summed E-state index contributed by atoms with van der Waals surface area (Å²) in [6.07, 6.45) is -1.07. The van der Waals surface area contributed by atoms with E-state index in [0.29, 0.717) is 41.9 Å². The van der Waals surface area contributed by atoms with Gasteiger partial charge in [-0.1, -0.05) is 6.07 Å². The maximum atomic E-state index is 13.7. The molecular formula is C22H26F3N7O4S2. The molecule has 0 spiro atoms. The number of nitrogens with zero attached hydrogens (tertiary/aromatic N) is 5. The van der Waals surface area contributed by atoms with Crippen LogP contribution in [0.15, 0.2) is 48.8 Å². The van der Waals surface area contributed by atoms with Crippen molar-refractivity contribution in [1.29, 1.82) is 0 Å². The van der Waals surface area contributed by atoms with Gasteiger partial charge in [0.2, 0.25) is 16.0 Å². The predicted molar refractivity (Wildman–Crippen MR) is 141 cm³/mol. The summed E-state index contributed by atoms with van der Waals surface area (Å²) in [7, 11) is -5.20. The predicted octanol–water partition coefficient (Wildman–Crippen LogP) is 4.52. The summed E-state index contributed by atoms with van der Waals surface area (Å²) in [5.41, 5.74) is 0.319. The summed E-state index contributed by atoms with van der Waals surface area (Å²) in [6.45, 7) is 0.310. The third kappa shape index (κ3) is 6.20. The molecule has 1 aliphatic heterocycles. The molecule has 4 N–H and O–H groups in total. The lowest BCUT2D eigenvalue weighted by molar-refractivity contribution is -0.137. The number of nitrogens with one attached hydrogen (secondary N) is 2. The molecule has 1 saturated heterocycles. The number of alkyl halides is 3. The Hall–Kier alpha value is -3.34. The molecule has 38 heavy (non-hydrogen) atoms. The average Bonchev–Trinajstić information content (AvgIpc) is 3.20. The van der Waals surface area contributed by atoms with E-state index in [1.807, 2.05) is 0 Å². The first-order chi connectivity index (χ1) is 17.8. The van der Waals surface area contributed by atoms with Crippen molar-refractivity contribution in [2.24, 2.45) is 0 Å². The summed E-state index contributed by atoms with van der Waals surface area (Å²) in [6, 6.07) is 9.65. The van der Waals surface area contributed by atoms with Gasteiger partial charge in [0.15, 0.2) is 0 Å². The van der Waals surface area contributed by atoms with Gasteiger partial charge < -0.3 is 10.6 Å². The van der Waals surface area contributed by atoms with Gasteiger partial charge >= 0.3 is 6.18 Å². The number of hydrogen-bond acceptors (Lipinski definition) is 10. The van der Waals surface area contributed by atoms with Crippen LogP contribution in [0.25, 0.3) is 0 Å². The number of rotatable bonds is 8. The van der Waals surface area contributed by atoms with Gasteiger partial charge in [-0.25, -0.2) is 18.4 Å². The van der Waals surface area contributed by atoms with Gasteiger partial charge in [-0.05, 0) is 36.8 Å². The molecule has 1 fully saturated rings. The number of aromatic nitrogens is 3. The van der Waals surface area contributed by atoms with E-state index >= 15 is 0 Å².